The fraction of sp³-hybridized carbons (Fsp3) is 0.500. The molecule has 0 spiro atoms. The van der Waals surface area contributed by atoms with E-state index in [-0.39, 0.29) is 16.9 Å². The number of carbonyl (C=O) groups is 1. The molecule has 8 heteroatoms. The Hall–Kier alpha value is -2.19. The van der Waals surface area contributed by atoms with E-state index in [2.05, 4.69) is 15.4 Å². The van der Waals surface area contributed by atoms with E-state index in [1.165, 1.54) is 35.1 Å². The predicted octanol–water partition coefficient (Wildman–Crippen LogP) is 4.91. The Morgan fingerprint density at radius 2 is 1.88 bits per heavy atom. The molecule has 1 N–H and O–H groups in total. The minimum Gasteiger partial charge on any atom is -0.325 e. The van der Waals surface area contributed by atoms with Crippen molar-refractivity contribution in [3.63, 3.8) is 0 Å². The van der Waals surface area contributed by atoms with E-state index in [9.17, 15) is 9.59 Å². The van der Waals surface area contributed by atoms with Crippen LogP contribution in [0.2, 0.25) is 0 Å². The maximum atomic E-state index is 13.5. The highest BCUT2D eigenvalue weighted by molar-refractivity contribution is 7.98. The number of carbonyl (C=O) groups excluding carboxylic acids is 1. The van der Waals surface area contributed by atoms with Crippen LogP contribution < -0.4 is 10.9 Å². The third kappa shape index (κ3) is 3.57. The van der Waals surface area contributed by atoms with E-state index >= 15 is 0 Å². The predicted molar refractivity (Wildman–Crippen MR) is 127 cm³/mol. The van der Waals surface area contributed by atoms with Crippen LogP contribution in [0.5, 0.6) is 0 Å². The van der Waals surface area contributed by atoms with Crippen molar-refractivity contribution in [2.24, 2.45) is 23.2 Å². The zero-order valence-electron chi connectivity index (χ0n) is 18.0. The number of benzene rings is 1. The Balaban J connectivity index is 1.20. The molecule has 0 unspecified atom stereocenters. The summed E-state index contributed by atoms with van der Waals surface area (Å²) >= 11 is 3.02. The Morgan fingerprint density at radius 1 is 1.19 bits per heavy atom. The number of fused-ring (bicyclic) bond motifs is 1. The summed E-state index contributed by atoms with van der Waals surface area (Å²) in [5.74, 6) is 3.00. The fourth-order valence-electron chi connectivity index (χ4n) is 6.52. The standard InChI is InChI=1S/C24H26N4O2S2/c1-14-27-28-21(29)9-18(25-23(28)32-14)13-31-20-5-3-2-4-19(20)26-22(30)24-10-15-6-16(11-24)8-17(7-15)12-24/h2-5,9,15-17H,6-8,10-13H2,1H3,(H,26,30). The molecule has 4 aliphatic rings. The van der Waals surface area contributed by atoms with E-state index < -0.39 is 0 Å². The van der Waals surface area contributed by atoms with Gasteiger partial charge in [0.25, 0.3) is 5.56 Å². The molecule has 0 aliphatic heterocycles. The lowest BCUT2D eigenvalue weighted by atomic mass is 9.49. The summed E-state index contributed by atoms with van der Waals surface area (Å²) in [4.78, 5) is 32.1. The molecule has 4 fully saturated rings. The molecule has 2 heterocycles. The quantitative estimate of drug-likeness (QED) is 0.541. The van der Waals surface area contributed by atoms with Crippen molar-refractivity contribution >= 4 is 39.7 Å². The summed E-state index contributed by atoms with van der Waals surface area (Å²) in [5.41, 5.74) is 1.27. The number of aromatic nitrogens is 3. The molecule has 4 aliphatic carbocycles. The van der Waals surface area contributed by atoms with Gasteiger partial charge in [-0.15, -0.1) is 11.8 Å². The monoisotopic (exact) mass is 466 g/mol. The topological polar surface area (TPSA) is 76.4 Å². The van der Waals surface area contributed by atoms with Gasteiger partial charge in [-0.1, -0.05) is 23.5 Å². The van der Waals surface area contributed by atoms with Crippen LogP contribution in [0.3, 0.4) is 0 Å². The lowest BCUT2D eigenvalue weighted by Crippen LogP contribution is -2.51. The van der Waals surface area contributed by atoms with Gasteiger partial charge >= 0.3 is 0 Å². The molecule has 0 atom stereocenters. The Kier molecular flexibility index (Phi) is 4.91. The highest BCUT2D eigenvalue weighted by atomic mass is 32.2. The highest BCUT2D eigenvalue weighted by Gasteiger charge is 2.54. The zero-order chi connectivity index (χ0) is 21.9. The molecule has 0 saturated heterocycles. The van der Waals surface area contributed by atoms with Crippen LogP contribution in [0.4, 0.5) is 5.69 Å². The molecule has 166 valence electrons. The molecule has 4 bridgehead atoms. The van der Waals surface area contributed by atoms with Crippen LogP contribution in [0.25, 0.3) is 4.96 Å². The van der Waals surface area contributed by atoms with Gasteiger partial charge in [0.2, 0.25) is 10.9 Å². The number of hydrogen-bond acceptors (Lipinski definition) is 6. The van der Waals surface area contributed by atoms with Crippen LogP contribution in [0.15, 0.2) is 40.0 Å². The van der Waals surface area contributed by atoms with E-state index in [0.717, 1.165) is 58.3 Å². The molecule has 32 heavy (non-hydrogen) atoms. The number of aryl methyl sites for hydroxylation is 1. The van der Waals surface area contributed by atoms with Crippen molar-refractivity contribution in [2.45, 2.75) is 56.1 Å². The Morgan fingerprint density at radius 3 is 2.59 bits per heavy atom. The summed E-state index contributed by atoms with van der Waals surface area (Å²) in [6.45, 7) is 1.87. The van der Waals surface area contributed by atoms with Crippen molar-refractivity contribution in [2.75, 3.05) is 5.32 Å². The molecular weight excluding hydrogens is 440 g/mol. The molecule has 1 aromatic carbocycles. The zero-order valence-corrected chi connectivity index (χ0v) is 19.7. The lowest BCUT2D eigenvalue weighted by molar-refractivity contribution is -0.140. The van der Waals surface area contributed by atoms with Crippen molar-refractivity contribution < 1.29 is 4.79 Å². The minimum absolute atomic E-state index is 0.154. The van der Waals surface area contributed by atoms with E-state index in [0.29, 0.717) is 10.7 Å². The number of para-hydroxylation sites is 1. The summed E-state index contributed by atoms with van der Waals surface area (Å²) < 4.78 is 1.35. The normalized spacial score (nSPS) is 28.3. The molecule has 6 nitrogen and oxygen atoms in total. The second-order valence-corrected chi connectivity index (χ2v) is 12.0. The third-order valence-electron chi connectivity index (χ3n) is 7.43. The number of thioether (sulfide) groups is 1. The minimum atomic E-state index is -0.169. The molecule has 4 saturated carbocycles. The van der Waals surface area contributed by atoms with Crippen molar-refractivity contribution in [3.05, 3.63) is 51.4 Å². The first-order chi connectivity index (χ1) is 15.5. The largest absolute Gasteiger partial charge is 0.325 e. The Labute approximate surface area is 194 Å². The number of anilines is 1. The first-order valence-electron chi connectivity index (χ1n) is 11.4. The number of nitrogens with zero attached hydrogens (tertiary/aromatic N) is 3. The van der Waals surface area contributed by atoms with Gasteiger partial charge < -0.3 is 5.32 Å². The second-order valence-electron chi connectivity index (χ2n) is 9.84. The maximum absolute atomic E-state index is 13.5. The maximum Gasteiger partial charge on any atom is 0.275 e. The van der Waals surface area contributed by atoms with Gasteiger partial charge in [0, 0.05) is 16.7 Å². The van der Waals surface area contributed by atoms with Crippen LogP contribution >= 0.6 is 23.1 Å². The molecule has 3 aromatic rings. The first-order valence-corrected chi connectivity index (χ1v) is 13.2. The average Bonchev–Trinajstić information content (AvgIpc) is 3.13. The molecule has 0 radical (unpaired) electrons. The van der Waals surface area contributed by atoms with E-state index in [4.69, 9.17) is 0 Å². The molecule has 7 rings (SSSR count). The number of hydrogen-bond donors (Lipinski definition) is 1. The van der Waals surface area contributed by atoms with Gasteiger partial charge in [-0.2, -0.15) is 9.61 Å². The summed E-state index contributed by atoms with van der Waals surface area (Å²) in [7, 11) is 0. The SMILES string of the molecule is Cc1nn2c(=O)cc(CSc3ccccc3NC(=O)C34CC5CC(CC(C5)C3)C4)nc2s1. The van der Waals surface area contributed by atoms with Gasteiger partial charge in [0.1, 0.15) is 5.01 Å². The number of rotatable bonds is 5. The summed E-state index contributed by atoms with van der Waals surface area (Å²) in [6.07, 6.45) is 7.16. The number of amides is 1. The molecular formula is C24H26N4O2S2. The van der Waals surface area contributed by atoms with Gasteiger partial charge in [-0.25, -0.2) is 4.98 Å². The van der Waals surface area contributed by atoms with Gasteiger partial charge in [-0.3, -0.25) is 9.59 Å². The number of nitrogens with one attached hydrogen (secondary N) is 1. The smallest absolute Gasteiger partial charge is 0.275 e. The van der Waals surface area contributed by atoms with Gasteiger partial charge in [-0.05, 0) is 75.3 Å². The molecule has 1 amide bonds. The molecule has 2 aromatic heterocycles. The van der Waals surface area contributed by atoms with Crippen LogP contribution in [-0.4, -0.2) is 20.5 Å². The van der Waals surface area contributed by atoms with Crippen molar-refractivity contribution in [1.82, 2.24) is 14.6 Å². The van der Waals surface area contributed by atoms with Gasteiger partial charge in [0.05, 0.1) is 16.8 Å². The third-order valence-corrected chi connectivity index (χ3v) is 9.36. The second kappa shape index (κ2) is 7.70. The van der Waals surface area contributed by atoms with Crippen LogP contribution in [0.1, 0.15) is 49.2 Å². The van der Waals surface area contributed by atoms with Crippen molar-refractivity contribution in [3.8, 4) is 0 Å². The fourth-order valence-corrected chi connectivity index (χ4v) is 8.18. The van der Waals surface area contributed by atoms with Gasteiger partial charge in [0.15, 0.2) is 0 Å². The van der Waals surface area contributed by atoms with Crippen LogP contribution in [0, 0.1) is 30.1 Å². The first kappa shape index (κ1) is 20.4. The summed E-state index contributed by atoms with van der Waals surface area (Å²) in [5, 5.41) is 8.31. The summed E-state index contributed by atoms with van der Waals surface area (Å²) in [6, 6.07) is 9.52. The van der Waals surface area contributed by atoms with Crippen LogP contribution in [-0.2, 0) is 10.5 Å². The van der Waals surface area contributed by atoms with E-state index in [1.807, 2.05) is 31.2 Å². The Bertz CT molecular complexity index is 1230. The van der Waals surface area contributed by atoms with E-state index in [1.54, 1.807) is 17.8 Å². The highest BCUT2D eigenvalue weighted by Crippen LogP contribution is 2.60. The lowest BCUT2D eigenvalue weighted by Gasteiger charge is -2.55. The van der Waals surface area contributed by atoms with Crippen molar-refractivity contribution in [1.29, 1.82) is 0 Å². The average molecular weight is 467 g/mol.